The van der Waals surface area contributed by atoms with Crippen molar-refractivity contribution in [1.82, 2.24) is 5.32 Å². The fraction of sp³-hybridized carbons (Fsp3) is 0.903. The summed E-state index contributed by atoms with van der Waals surface area (Å²) in [5, 5.41) is 56.9. The molecule has 8 unspecified atom stereocenters. The number of rotatable bonds is 53. The molecule has 1 fully saturated rings. The number of ether oxygens (including phenoxy) is 3. The lowest BCUT2D eigenvalue weighted by molar-refractivity contribution is -0.305. The number of carbonyl (C=O) groups is 2. The van der Waals surface area contributed by atoms with E-state index in [0.29, 0.717) is 19.3 Å². The van der Waals surface area contributed by atoms with E-state index in [1.54, 1.807) is 6.08 Å². The van der Waals surface area contributed by atoms with Crippen LogP contribution < -0.4 is 5.32 Å². The summed E-state index contributed by atoms with van der Waals surface area (Å²) in [5.41, 5.74) is 0. The predicted octanol–water partition coefficient (Wildman–Crippen LogP) is 14.5. The number of esters is 1. The summed E-state index contributed by atoms with van der Waals surface area (Å²) in [6.07, 6.45) is 47.9. The third-order valence-electron chi connectivity index (χ3n) is 14.9. The second kappa shape index (κ2) is 50.9. The van der Waals surface area contributed by atoms with Gasteiger partial charge in [-0.2, -0.15) is 0 Å². The number of carbonyl (C=O) groups excluding carboxylic acids is 2. The topological polar surface area (TPSA) is 175 Å². The average Bonchev–Trinajstić information content (AvgIpc) is 3.39. The molecule has 1 aliphatic heterocycles. The minimum absolute atomic E-state index is 0.125. The van der Waals surface area contributed by atoms with Crippen molar-refractivity contribution < 1.29 is 49.3 Å². The van der Waals surface area contributed by atoms with Crippen LogP contribution in [0.3, 0.4) is 0 Å². The molecule has 0 aromatic heterocycles. The summed E-state index contributed by atoms with van der Waals surface area (Å²) in [4.78, 5) is 26.5. The largest absolute Gasteiger partial charge is 0.454 e. The number of hydrogen-bond donors (Lipinski definition) is 6. The van der Waals surface area contributed by atoms with Gasteiger partial charge in [-0.3, -0.25) is 9.59 Å². The fourth-order valence-electron chi connectivity index (χ4n) is 9.88. The van der Waals surface area contributed by atoms with Gasteiger partial charge < -0.3 is 45.1 Å². The molecule has 0 aromatic carbocycles. The highest BCUT2D eigenvalue weighted by atomic mass is 16.7. The molecule has 0 radical (unpaired) electrons. The smallest absolute Gasteiger partial charge is 0.306 e. The normalized spacial score (nSPS) is 19.5. The Morgan fingerprint density at radius 3 is 1.33 bits per heavy atom. The number of aliphatic hydroxyl groups is 5. The predicted molar refractivity (Wildman–Crippen MR) is 301 cm³/mol. The number of nitrogens with one attached hydrogen (secondary N) is 1. The van der Waals surface area contributed by atoms with Gasteiger partial charge in [-0.25, -0.2) is 0 Å². The highest BCUT2D eigenvalue weighted by molar-refractivity contribution is 5.80. The van der Waals surface area contributed by atoms with Crippen molar-refractivity contribution in [2.45, 2.75) is 346 Å². The molecule has 11 heteroatoms. The minimum atomic E-state index is -1.61. The Morgan fingerprint density at radius 1 is 0.521 bits per heavy atom. The summed E-state index contributed by atoms with van der Waals surface area (Å²) in [5.74, 6) is -1.18. The van der Waals surface area contributed by atoms with Crippen LogP contribution in [0.5, 0.6) is 0 Å². The zero-order valence-electron chi connectivity index (χ0n) is 47.5. The van der Waals surface area contributed by atoms with Crippen LogP contribution in [0.15, 0.2) is 24.3 Å². The maximum absolute atomic E-state index is 13.4. The van der Waals surface area contributed by atoms with Gasteiger partial charge >= 0.3 is 5.97 Å². The number of hydrogen-bond acceptors (Lipinski definition) is 10. The first kappa shape index (κ1) is 69.2. The maximum Gasteiger partial charge on any atom is 0.306 e. The minimum Gasteiger partial charge on any atom is -0.454 e. The molecule has 1 aliphatic rings. The summed E-state index contributed by atoms with van der Waals surface area (Å²) >= 11 is 0. The second-order valence-corrected chi connectivity index (χ2v) is 21.8. The Labute approximate surface area is 448 Å². The van der Waals surface area contributed by atoms with Crippen LogP contribution in [0.1, 0.15) is 297 Å². The van der Waals surface area contributed by atoms with Crippen molar-refractivity contribution in [3.63, 3.8) is 0 Å². The van der Waals surface area contributed by atoms with Crippen LogP contribution in [0.2, 0.25) is 0 Å². The summed E-state index contributed by atoms with van der Waals surface area (Å²) in [6, 6.07) is -1.02. The summed E-state index contributed by atoms with van der Waals surface area (Å²) in [6.45, 7) is 5.80. The Hall–Kier alpha value is -1.86. The molecule has 1 heterocycles. The standard InChI is InChI=1S/C62H117NO10/c1-4-7-10-13-16-19-22-24-26-27-28-29-30-32-35-38-41-44-47-50-57(67)73-60-59(69)58(68)56(51-64)72-62(60)71-52-53(54(65)48-45-42-39-36-33-21-18-15-12-9-6-3)63-61(70)55(66)49-46-43-40-37-34-31-25-23-20-17-14-11-8-5-2/h24,26,45,48,53-56,58-60,62,64-66,68-69H,4-23,25,27-44,46-47,49-52H2,1-3H3,(H,63,70)/b26-24+,48-45+. The fourth-order valence-corrected chi connectivity index (χ4v) is 9.88. The van der Waals surface area contributed by atoms with Gasteiger partial charge in [0.15, 0.2) is 12.4 Å². The molecule has 0 aromatic rings. The molecule has 0 bridgehead atoms. The van der Waals surface area contributed by atoms with Crippen LogP contribution >= 0.6 is 0 Å². The van der Waals surface area contributed by atoms with E-state index in [4.69, 9.17) is 14.2 Å². The molecule has 1 amide bonds. The van der Waals surface area contributed by atoms with Crippen molar-refractivity contribution in [3.05, 3.63) is 24.3 Å². The molecule has 0 aliphatic carbocycles. The van der Waals surface area contributed by atoms with Gasteiger partial charge in [-0.1, -0.05) is 263 Å². The van der Waals surface area contributed by atoms with Gasteiger partial charge in [0.05, 0.1) is 25.4 Å². The lowest BCUT2D eigenvalue weighted by Crippen LogP contribution is -2.61. The first-order valence-corrected chi connectivity index (χ1v) is 31.1. The molecule has 1 saturated heterocycles. The van der Waals surface area contributed by atoms with Crippen molar-refractivity contribution in [1.29, 1.82) is 0 Å². The monoisotopic (exact) mass is 1040 g/mol. The van der Waals surface area contributed by atoms with Crippen molar-refractivity contribution in [2.75, 3.05) is 13.2 Å². The Balaban J connectivity index is 2.65. The van der Waals surface area contributed by atoms with Gasteiger partial charge in [0.25, 0.3) is 0 Å². The molecule has 0 saturated carbocycles. The van der Waals surface area contributed by atoms with Crippen LogP contribution in [0, 0.1) is 0 Å². The Morgan fingerprint density at radius 2 is 0.904 bits per heavy atom. The van der Waals surface area contributed by atoms with Gasteiger partial charge in [0.1, 0.15) is 24.4 Å². The highest BCUT2D eigenvalue weighted by Gasteiger charge is 2.47. The van der Waals surface area contributed by atoms with Crippen molar-refractivity contribution >= 4 is 11.9 Å². The summed E-state index contributed by atoms with van der Waals surface area (Å²) in [7, 11) is 0. The van der Waals surface area contributed by atoms with E-state index in [1.807, 2.05) is 6.08 Å². The molecule has 73 heavy (non-hydrogen) atoms. The first-order chi connectivity index (χ1) is 35.7. The average molecular weight is 1040 g/mol. The molecule has 430 valence electrons. The number of aliphatic hydroxyl groups excluding tert-OH is 5. The van der Waals surface area contributed by atoms with E-state index in [0.717, 1.165) is 57.8 Å². The zero-order chi connectivity index (χ0) is 53.3. The first-order valence-electron chi connectivity index (χ1n) is 31.1. The van der Waals surface area contributed by atoms with E-state index in [9.17, 15) is 35.1 Å². The third kappa shape index (κ3) is 39.2. The van der Waals surface area contributed by atoms with Crippen LogP contribution in [0.4, 0.5) is 0 Å². The van der Waals surface area contributed by atoms with Gasteiger partial charge in [0, 0.05) is 6.42 Å². The number of allylic oxidation sites excluding steroid dienone is 3. The molecule has 8 atom stereocenters. The van der Waals surface area contributed by atoms with E-state index in [-0.39, 0.29) is 13.0 Å². The number of amides is 1. The van der Waals surface area contributed by atoms with Gasteiger partial charge in [-0.15, -0.1) is 0 Å². The molecule has 1 rings (SSSR count). The van der Waals surface area contributed by atoms with Gasteiger partial charge in [0.2, 0.25) is 5.91 Å². The molecule has 0 spiro atoms. The van der Waals surface area contributed by atoms with E-state index < -0.39 is 67.4 Å². The number of unbranched alkanes of at least 4 members (excludes halogenated alkanes) is 37. The lowest BCUT2D eigenvalue weighted by atomic mass is 9.99. The van der Waals surface area contributed by atoms with Crippen LogP contribution in [-0.2, 0) is 23.8 Å². The van der Waals surface area contributed by atoms with Crippen molar-refractivity contribution in [2.24, 2.45) is 0 Å². The van der Waals surface area contributed by atoms with E-state index >= 15 is 0 Å². The molecule has 11 nitrogen and oxygen atoms in total. The molecular weight excluding hydrogens is 919 g/mol. The SMILES string of the molecule is CCCCCCCC/C=C/CCCCCCCCCCCC(=O)OC1C(OCC(NC(=O)C(O)CCCCCCCCCCCCCCCC)C(O)/C=C/CCCCCCCCCCC)OC(CO)C(O)C1O. The third-order valence-corrected chi connectivity index (χ3v) is 14.9. The Bertz CT molecular complexity index is 1280. The Kier molecular flexibility index (Phi) is 48.2. The molecular formula is C62H117NO10. The molecule has 6 N–H and O–H groups in total. The summed E-state index contributed by atoms with van der Waals surface area (Å²) < 4.78 is 17.6. The van der Waals surface area contributed by atoms with E-state index in [1.165, 1.54) is 193 Å². The van der Waals surface area contributed by atoms with Crippen LogP contribution in [-0.4, -0.2) is 99.6 Å². The van der Waals surface area contributed by atoms with Gasteiger partial charge in [-0.05, 0) is 51.4 Å². The van der Waals surface area contributed by atoms with Crippen LogP contribution in [0.25, 0.3) is 0 Å². The van der Waals surface area contributed by atoms with Crippen molar-refractivity contribution in [3.8, 4) is 0 Å². The van der Waals surface area contributed by atoms with E-state index in [2.05, 4.69) is 38.2 Å². The lowest BCUT2D eigenvalue weighted by Gasteiger charge is -2.41. The highest BCUT2D eigenvalue weighted by Crippen LogP contribution is 2.26. The maximum atomic E-state index is 13.4. The quantitative estimate of drug-likeness (QED) is 0.0195. The zero-order valence-corrected chi connectivity index (χ0v) is 47.5. The second-order valence-electron chi connectivity index (χ2n) is 21.8.